The van der Waals surface area contributed by atoms with Gasteiger partial charge in [-0.2, -0.15) is 0 Å². The maximum Gasteiger partial charge on any atom is 0.305 e. The van der Waals surface area contributed by atoms with Gasteiger partial charge in [-0.1, -0.05) is 0 Å². The van der Waals surface area contributed by atoms with Crippen LogP contribution in [0.15, 0.2) is 0 Å². The number of ether oxygens (including phenoxy) is 1. The molecule has 0 unspecified atom stereocenters. The van der Waals surface area contributed by atoms with E-state index in [2.05, 4.69) is 10.1 Å². The lowest BCUT2D eigenvalue weighted by atomic mass is 10.0. The van der Waals surface area contributed by atoms with Crippen molar-refractivity contribution in [1.82, 2.24) is 5.32 Å². The van der Waals surface area contributed by atoms with Gasteiger partial charge in [0.2, 0.25) is 0 Å². The van der Waals surface area contributed by atoms with Gasteiger partial charge in [0.05, 0.1) is 7.11 Å². The zero-order valence-electron chi connectivity index (χ0n) is 7.18. The van der Waals surface area contributed by atoms with Crippen LogP contribution in [0.4, 0.5) is 4.39 Å². The molecule has 0 aromatic heterocycles. The Labute approximate surface area is 71.3 Å². The molecule has 1 rings (SSSR count). The first-order valence-corrected chi connectivity index (χ1v) is 4.15. The molecule has 1 heterocycles. The Hall–Kier alpha value is -0.640. The second-order valence-corrected chi connectivity index (χ2v) is 3.05. The van der Waals surface area contributed by atoms with Crippen molar-refractivity contribution in [2.75, 3.05) is 20.2 Å². The molecule has 0 bridgehead atoms. The van der Waals surface area contributed by atoms with E-state index in [-0.39, 0.29) is 11.9 Å². The second kappa shape index (κ2) is 4.40. The van der Waals surface area contributed by atoms with Crippen molar-refractivity contribution in [1.29, 1.82) is 0 Å². The van der Waals surface area contributed by atoms with Gasteiger partial charge in [0.1, 0.15) is 6.17 Å². The third-order valence-electron chi connectivity index (χ3n) is 2.20. The number of methoxy groups -OCH3 is 1. The molecule has 0 spiro atoms. The molecule has 12 heavy (non-hydrogen) atoms. The summed E-state index contributed by atoms with van der Waals surface area (Å²) in [6, 6.07) is 0. The van der Waals surface area contributed by atoms with Gasteiger partial charge in [-0.3, -0.25) is 4.79 Å². The number of nitrogens with one attached hydrogen (secondary N) is 1. The van der Waals surface area contributed by atoms with Gasteiger partial charge in [0.15, 0.2) is 0 Å². The molecule has 70 valence electrons. The standard InChI is InChI=1S/C8H14FNO2/c1-12-8(11)3-2-6-4-10-5-7(6)9/h6-7,10H,2-5H2,1H3/t6-,7-/m1/s1. The van der Waals surface area contributed by atoms with Crippen LogP contribution < -0.4 is 5.32 Å². The van der Waals surface area contributed by atoms with E-state index >= 15 is 0 Å². The Balaban J connectivity index is 2.18. The van der Waals surface area contributed by atoms with Crippen molar-refractivity contribution < 1.29 is 13.9 Å². The summed E-state index contributed by atoms with van der Waals surface area (Å²) in [5.74, 6) is -0.266. The molecule has 0 aromatic rings. The number of rotatable bonds is 3. The van der Waals surface area contributed by atoms with Gasteiger partial charge in [0.25, 0.3) is 0 Å². The first-order chi connectivity index (χ1) is 5.74. The van der Waals surface area contributed by atoms with Crippen molar-refractivity contribution >= 4 is 5.97 Å². The summed E-state index contributed by atoms with van der Waals surface area (Å²) in [6.07, 6.45) is 0.110. The monoisotopic (exact) mass is 175 g/mol. The van der Waals surface area contributed by atoms with E-state index in [9.17, 15) is 9.18 Å². The van der Waals surface area contributed by atoms with Gasteiger partial charge in [-0.05, 0) is 6.42 Å². The Morgan fingerprint density at radius 1 is 1.67 bits per heavy atom. The molecule has 1 saturated heterocycles. The van der Waals surface area contributed by atoms with Crippen LogP contribution in [0.3, 0.4) is 0 Å². The second-order valence-electron chi connectivity index (χ2n) is 3.05. The van der Waals surface area contributed by atoms with Crippen LogP contribution in [0.1, 0.15) is 12.8 Å². The average Bonchev–Trinajstić information content (AvgIpc) is 2.47. The van der Waals surface area contributed by atoms with E-state index in [0.717, 1.165) is 0 Å². The summed E-state index contributed by atoms with van der Waals surface area (Å²) >= 11 is 0. The van der Waals surface area contributed by atoms with E-state index in [4.69, 9.17) is 0 Å². The Morgan fingerprint density at radius 2 is 2.42 bits per heavy atom. The summed E-state index contributed by atoms with van der Waals surface area (Å²) in [5, 5.41) is 2.94. The Morgan fingerprint density at radius 3 is 2.92 bits per heavy atom. The molecule has 1 N–H and O–H groups in total. The molecule has 1 aliphatic rings. The van der Waals surface area contributed by atoms with Gasteiger partial charge in [0, 0.05) is 25.4 Å². The topological polar surface area (TPSA) is 38.3 Å². The predicted octanol–water partition coefficient (Wildman–Crippen LogP) is 0.497. The minimum absolute atomic E-state index is 0.0101. The molecule has 1 aliphatic heterocycles. The third kappa shape index (κ3) is 2.44. The number of hydrogen-bond acceptors (Lipinski definition) is 3. The predicted molar refractivity (Wildman–Crippen MR) is 42.5 cm³/mol. The molecule has 2 atom stereocenters. The van der Waals surface area contributed by atoms with Crippen LogP contribution >= 0.6 is 0 Å². The van der Waals surface area contributed by atoms with E-state index in [0.29, 0.717) is 25.9 Å². The number of carbonyl (C=O) groups excluding carboxylic acids is 1. The highest BCUT2D eigenvalue weighted by Crippen LogP contribution is 2.18. The number of alkyl halides is 1. The fraction of sp³-hybridized carbons (Fsp3) is 0.875. The Bertz CT molecular complexity index is 163. The maximum atomic E-state index is 12.9. The molecule has 0 aromatic carbocycles. The lowest BCUT2D eigenvalue weighted by Gasteiger charge is -2.09. The van der Waals surface area contributed by atoms with Crippen molar-refractivity contribution in [2.24, 2.45) is 5.92 Å². The third-order valence-corrected chi connectivity index (χ3v) is 2.20. The number of esters is 1. The van der Waals surface area contributed by atoms with Crippen LogP contribution in [0.25, 0.3) is 0 Å². The van der Waals surface area contributed by atoms with Crippen LogP contribution in [0.5, 0.6) is 0 Å². The van der Waals surface area contributed by atoms with Gasteiger partial charge in [-0.15, -0.1) is 0 Å². The first kappa shape index (κ1) is 9.45. The van der Waals surface area contributed by atoms with Gasteiger partial charge < -0.3 is 10.1 Å². The van der Waals surface area contributed by atoms with Crippen molar-refractivity contribution in [2.45, 2.75) is 19.0 Å². The lowest BCUT2D eigenvalue weighted by Crippen LogP contribution is -2.15. The minimum Gasteiger partial charge on any atom is -0.469 e. The van der Waals surface area contributed by atoms with E-state index in [1.54, 1.807) is 0 Å². The van der Waals surface area contributed by atoms with Gasteiger partial charge >= 0.3 is 5.97 Å². The molecule has 0 radical (unpaired) electrons. The zero-order valence-corrected chi connectivity index (χ0v) is 7.18. The molecule has 1 fully saturated rings. The van der Waals surface area contributed by atoms with Crippen molar-refractivity contribution in [3.63, 3.8) is 0 Å². The van der Waals surface area contributed by atoms with E-state index in [1.807, 2.05) is 0 Å². The zero-order chi connectivity index (χ0) is 8.97. The van der Waals surface area contributed by atoms with Crippen molar-refractivity contribution in [3.8, 4) is 0 Å². The smallest absolute Gasteiger partial charge is 0.305 e. The average molecular weight is 175 g/mol. The van der Waals surface area contributed by atoms with Crippen LogP contribution in [-0.4, -0.2) is 32.3 Å². The number of carbonyl (C=O) groups is 1. The molecule has 4 heteroatoms. The summed E-state index contributed by atoms with van der Waals surface area (Å²) in [6.45, 7) is 1.10. The molecule has 3 nitrogen and oxygen atoms in total. The first-order valence-electron chi connectivity index (χ1n) is 4.15. The SMILES string of the molecule is COC(=O)CC[C@@H]1CNC[C@H]1F. The molecule has 0 aliphatic carbocycles. The maximum absolute atomic E-state index is 12.9. The highest BCUT2D eigenvalue weighted by molar-refractivity contribution is 5.69. The van der Waals surface area contributed by atoms with Gasteiger partial charge in [-0.25, -0.2) is 4.39 Å². The molecule has 0 amide bonds. The van der Waals surface area contributed by atoms with E-state index < -0.39 is 6.17 Å². The number of halogens is 1. The summed E-state index contributed by atoms with van der Waals surface area (Å²) in [7, 11) is 1.35. The lowest BCUT2D eigenvalue weighted by molar-refractivity contribution is -0.141. The molecule has 0 saturated carbocycles. The fourth-order valence-electron chi connectivity index (χ4n) is 1.39. The molecular formula is C8H14FNO2. The number of hydrogen-bond donors (Lipinski definition) is 1. The van der Waals surface area contributed by atoms with Crippen molar-refractivity contribution in [3.05, 3.63) is 0 Å². The summed E-state index contributed by atoms with van der Waals surface area (Å²) in [4.78, 5) is 10.7. The van der Waals surface area contributed by atoms with E-state index in [1.165, 1.54) is 7.11 Å². The molecular weight excluding hydrogens is 161 g/mol. The highest BCUT2D eigenvalue weighted by Gasteiger charge is 2.26. The van der Waals surface area contributed by atoms with Crippen LogP contribution in [-0.2, 0) is 9.53 Å². The van der Waals surface area contributed by atoms with Crippen LogP contribution in [0, 0.1) is 5.92 Å². The normalized spacial score (nSPS) is 28.8. The Kier molecular flexibility index (Phi) is 3.47. The summed E-state index contributed by atoms with van der Waals surface area (Å²) < 4.78 is 17.4. The largest absolute Gasteiger partial charge is 0.469 e. The highest BCUT2D eigenvalue weighted by atomic mass is 19.1. The van der Waals surface area contributed by atoms with Crippen LogP contribution in [0.2, 0.25) is 0 Å². The quantitative estimate of drug-likeness (QED) is 0.635. The summed E-state index contributed by atoms with van der Waals surface area (Å²) in [5.41, 5.74) is 0. The fourth-order valence-corrected chi connectivity index (χ4v) is 1.39. The minimum atomic E-state index is -0.797.